The molecule has 9 heteroatoms. The zero-order chi connectivity index (χ0) is 34.1. The van der Waals surface area contributed by atoms with E-state index in [-0.39, 0.29) is 24.9 Å². The Hall–Kier alpha value is -4.76. The number of hydrazine groups is 1. The molecule has 3 aromatic rings. The largest absolute Gasteiger partial charge is 0.460 e. The van der Waals surface area contributed by atoms with Crippen molar-refractivity contribution in [3.8, 4) is 11.1 Å². The van der Waals surface area contributed by atoms with Gasteiger partial charge < -0.3 is 14.8 Å². The number of carbonyl (C=O) groups excluding carboxylic acids is 4. The second-order valence-electron chi connectivity index (χ2n) is 13.2. The van der Waals surface area contributed by atoms with Crippen molar-refractivity contribution in [2.24, 2.45) is 29.5 Å². The van der Waals surface area contributed by atoms with Gasteiger partial charge in [-0.2, -0.15) is 0 Å². The Balaban J connectivity index is 1.57. The normalized spacial score (nSPS) is 14.5. The first-order chi connectivity index (χ1) is 22.4. The number of rotatable bonds is 13. The first-order valence-electron chi connectivity index (χ1n) is 16.0. The minimum Gasteiger partial charge on any atom is -0.460 e. The molecule has 2 amide bonds. The van der Waals surface area contributed by atoms with Gasteiger partial charge in [-0.1, -0.05) is 105 Å². The highest BCUT2D eigenvalue weighted by molar-refractivity contribution is 5.94. The summed E-state index contributed by atoms with van der Waals surface area (Å²) in [6.07, 6.45) is 2.83. The minimum atomic E-state index is -1.21. The van der Waals surface area contributed by atoms with Gasteiger partial charge in [0.1, 0.15) is 12.2 Å². The van der Waals surface area contributed by atoms with Crippen LogP contribution in [0.25, 0.3) is 17.2 Å². The molecule has 0 aliphatic heterocycles. The second kappa shape index (κ2) is 15.7. The number of allylic oxidation sites excluding steroid dienone is 1. The first-order valence-corrected chi connectivity index (χ1v) is 16.0. The monoisotopic (exact) mass is 639 g/mol. The van der Waals surface area contributed by atoms with Gasteiger partial charge in [0.25, 0.3) is 0 Å². The molecule has 0 fully saturated rings. The number of hydrogen-bond donors (Lipinski definition) is 3. The molecular weight excluding hydrogens is 594 g/mol. The molecule has 3 atom stereocenters. The SMILES string of the molecule is CC(C)C[C@@H](C(=O)NN)[C@@H](C(=O)OC(C)(C)C)C(/C=C/c1ccccc1)C(=O)CNC(=O)OCC1c2ccccc2-c2ccccc21. The fourth-order valence-corrected chi connectivity index (χ4v) is 6.10. The molecule has 0 saturated heterocycles. The van der Waals surface area contributed by atoms with Crippen molar-refractivity contribution in [2.45, 2.75) is 52.6 Å². The van der Waals surface area contributed by atoms with Gasteiger partial charge in [0.15, 0.2) is 5.78 Å². The number of ketones is 1. The van der Waals surface area contributed by atoms with Crippen LogP contribution in [-0.2, 0) is 23.9 Å². The maximum Gasteiger partial charge on any atom is 0.407 e. The molecule has 1 aliphatic carbocycles. The number of Topliss-reactive ketones (excluding diaryl/α,β-unsaturated/α-hetero) is 1. The Morgan fingerprint density at radius 3 is 2.00 bits per heavy atom. The molecule has 3 aromatic carbocycles. The van der Waals surface area contributed by atoms with Crippen molar-refractivity contribution < 1.29 is 28.7 Å². The lowest BCUT2D eigenvalue weighted by atomic mass is 9.75. The highest BCUT2D eigenvalue weighted by Crippen LogP contribution is 2.44. The molecule has 4 rings (SSSR count). The van der Waals surface area contributed by atoms with E-state index in [2.05, 4.69) is 22.9 Å². The van der Waals surface area contributed by atoms with E-state index in [0.717, 1.165) is 27.8 Å². The number of hydrogen-bond acceptors (Lipinski definition) is 7. The van der Waals surface area contributed by atoms with E-state index in [4.69, 9.17) is 15.3 Å². The van der Waals surface area contributed by atoms with Crippen LogP contribution in [0.15, 0.2) is 84.9 Å². The van der Waals surface area contributed by atoms with Crippen LogP contribution in [0.3, 0.4) is 0 Å². The molecule has 0 radical (unpaired) electrons. The zero-order valence-corrected chi connectivity index (χ0v) is 27.7. The lowest BCUT2D eigenvalue weighted by Crippen LogP contribution is -2.48. The first kappa shape index (κ1) is 35.1. The van der Waals surface area contributed by atoms with Crippen LogP contribution in [0.4, 0.5) is 4.79 Å². The van der Waals surface area contributed by atoms with Crippen LogP contribution in [0, 0.1) is 23.7 Å². The third kappa shape index (κ3) is 9.16. The van der Waals surface area contributed by atoms with Gasteiger partial charge in [-0.3, -0.25) is 19.8 Å². The van der Waals surface area contributed by atoms with Gasteiger partial charge in [0.05, 0.1) is 24.3 Å². The van der Waals surface area contributed by atoms with Gasteiger partial charge >= 0.3 is 12.1 Å². The van der Waals surface area contributed by atoms with Gasteiger partial charge in [-0.05, 0) is 60.9 Å². The quantitative estimate of drug-likeness (QED) is 0.0899. The summed E-state index contributed by atoms with van der Waals surface area (Å²) in [5, 5.41) is 2.58. The third-order valence-electron chi connectivity index (χ3n) is 8.12. The highest BCUT2D eigenvalue weighted by Gasteiger charge is 2.43. The average molecular weight is 640 g/mol. The number of fused-ring (bicyclic) bond motifs is 3. The Morgan fingerprint density at radius 2 is 1.45 bits per heavy atom. The second-order valence-corrected chi connectivity index (χ2v) is 13.2. The fraction of sp³-hybridized carbons (Fsp3) is 0.368. The number of ether oxygens (including phenoxy) is 2. The molecule has 248 valence electrons. The summed E-state index contributed by atoms with van der Waals surface area (Å²) in [5.41, 5.74) is 6.42. The third-order valence-corrected chi connectivity index (χ3v) is 8.12. The van der Waals surface area contributed by atoms with E-state index in [0.29, 0.717) is 0 Å². The van der Waals surface area contributed by atoms with E-state index < -0.39 is 53.7 Å². The molecule has 0 heterocycles. The smallest absolute Gasteiger partial charge is 0.407 e. The van der Waals surface area contributed by atoms with Crippen LogP contribution < -0.4 is 16.6 Å². The Labute approximate surface area is 276 Å². The maximum absolute atomic E-state index is 14.0. The van der Waals surface area contributed by atoms with Crippen LogP contribution in [-0.4, -0.2) is 42.5 Å². The molecule has 0 spiro atoms. The fourth-order valence-electron chi connectivity index (χ4n) is 6.10. The standard InChI is InChI=1S/C38H45N3O6/c1-24(2)21-31(35(43)41-39)34(36(44)47-38(3,4)5)30(20-19-25-13-7-6-8-14-25)33(42)22-40-37(45)46-23-32-28-17-11-9-15-26(28)27-16-10-12-18-29(27)32/h6-20,24,30-32,34H,21-23,39H2,1-5H3,(H,40,45)(H,41,43)/b20-19+/t30?,31-,34+/m1/s1. The van der Waals surface area contributed by atoms with Gasteiger partial charge in [-0.25, -0.2) is 10.6 Å². The Kier molecular flexibility index (Phi) is 11.7. The van der Waals surface area contributed by atoms with E-state index in [1.165, 1.54) is 0 Å². The molecule has 9 nitrogen and oxygen atoms in total. The zero-order valence-electron chi connectivity index (χ0n) is 27.7. The molecule has 47 heavy (non-hydrogen) atoms. The molecular formula is C38H45N3O6. The number of esters is 1. The summed E-state index contributed by atoms with van der Waals surface area (Å²) in [4.78, 5) is 53.9. The lowest BCUT2D eigenvalue weighted by Gasteiger charge is -2.32. The van der Waals surface area contributed by atoms with Crippen LogP contribution in [0.5, 0.6) is 0 Å². The number of amides is 2. The average Bonchev–Trinajstić information content (AvgIpc) is 3.36. The summed E-state index contributed by atoms with van der Waals surface area (Å²) in [6, 6.07) is 25.3. The molecule has 4 N–H and O–H groups in total. The van der Waals surface area contributed by atoms with Crippen molar-refractivity contribution in [3.63, 3.8) is 0 Å². The van der Waals surface area contributed by atoms with E-state index in [1.54, 1.807) is 32.9 Å². The van der Waals surface area contributed by atoms with E-state index in [1.807, 2.05) is 80.6 Å². The summed E-state index contributed by atoms with van der Waals surface area (Å²) in [6.45, 7) is 8.64. The molecule has 0 saturated carbocycles. The number of alkyl carbamates (subject to hydrolysis) is 1. The highest BCUT2D eigenvalue weighted by atomic mass is 16.6. The molecule has 0 bridgehead atoms. The van der Waals surface area contributed by atoms with E-state index >= 15 is 0 Å². The van der Waals surface area contributed by atoms with Crippen molar-refractivity contribution in [1.82, 2.24) is 10.7 Å². The van der Waals surface area contributed by atoms with Crippen LogP contribution in [0.2, 0.25) is 0 Å². The summed E-state index contributed by atoms with van der Waals surface area (Å²) in [5.74, 6) is 0.342. The summed E-state index contributed by atoms with van der Waals surface area (Å²) < 4.78 is 11.4. The van der Waals surface area contributed by atoms with Crippen LogP contribution in [0.1, 0.15) is 63.6 Å². The van der Waals surface area contributed by atoms with Gasteiger partial charge in [-0.15, -0.1) is 0 Å². The Bertz CT molecular complexity index is 1550. The molecule has 1 aliphatic rings. The lowest BCUT2D eigenvalue weighted by molar-refractivity contribution is -0.167. The minimum absolute atomic E-state index is 0.00459. The van der Waals surface area contributed by atoms with Crippen molar-refractivity contribution in [3.05, 3.63) is 102 Å². The van der Waals surface area contributed by atoms with Crippen molar-refractivity contribution in [1.29, 1.82) is 0 Å². The maximum atomic E-state index is 14.0. The number of carbonyl (C=O) groups is 4. The molecule has 1 unspecified atom stereocenters. The summed E-state index contributed by atoms with van der Waals surface area (Å²) in [7, 11) is 0. The van der Waals surface area contributed by atoms with Gasteiger partial charge in [0.2, 0.25) is 5.91 Å². The van der Waals surface area contributed by atoms with Crippen molar-refractivity contribution >= 4 is 29.8 Å². The predicted octanol–water partition coefficient (Wildman–Crippen LogP) is 6.03. The predicted molar refractivity (Wildman–Crippen MR) is 182 cm³/mol. The van der Waals surface area contributed by atoms with Crippen molar-refractivity contribution in [2.75, 3.05) is 13.2 Å². The van der Waals surface area contributed by atoms with Gasteiger partial charge in [0, 0.05) is 5.92 Å². The number of nitrogens with one attached hydrogen (secondary N) is 2. The topological polar surface area (TPSA) is 137 Å². The Morgan fingerprint density at radius 1 is 0.872 bits per heavy atom. The van der Waals surface area contributed by atoms with Crippen LogP contribution >= 0.6 is 0 Å². The summed E-state index contributed by atoms with van der Waals surface area (Å²) >= 11 is 0. The molecule has 0 aromatic heterocycles. The van der Waals surface area contributed by atoms with E-state index in [9.17, 15) is 19.2 Å². The number of benzene rings is 3. The number of nitrogens with two attached hydrogens (primary N) is 1.